The molecule has 31 heavy (non-hydrogen) atoms. The van der Waals surface area contributed by atoms with Crippen LogP contribution in [-0.4, -0.2) is 29.0 Å². The molecule has 1 N–H and O–H groups in total. The molecule has 1 unspecified atom stereocenters. The molecule has 3 heterocycles. The Balaban J connectivity index is 1.82. The smallest absolute Gasteiger partial charge is 0.136 e. The fraction of sp³-hybridized carbons (Fsp3) is 0.292. The van der Waals surface area contributed by atoms with Gasteiger partial charge < -0.3 is 4.55 Å². The number of pyridine rings is 2. The lowest BCUT2D eigenvalue weighted by atomic mass is 9.99. The summed E-state index contributed by atoms with van der Waals surface area (Å²) in [5.41, 5.74) is 4.58. The standard InChI is InChI=1S/C24H27N5OS/c1-24(2,3)31(30)28-20(16-17-10-7-8-14-25-17)23-19(12-9-15-26-23)22-18-11-5-6-13-21(18)29(4)27-22/h5-15,20,28H,16H2,1-4H3/t20?,31-/m0/s1. The van der Waals surface area contributed by atoms with Crippen LogP contribution in [0.25, 0.3) is 22.2 Å². The van der Waals surface area contributed by atoms with E-state index in [1.807, 2.05) is 75.0 Å². The molecule has 0 saturated heterocycles. The van der Waals surface area contributed by atoms with Gasteiger partial charge in [0.2, 0.25) is 0 Å². The lowest BCUT2D eigenvalue weighted by molar-refractivity contribution is 0.517. The van der Waals surface area contributed by atoms with E-state index >= 15 is 0 Å². The van der Waals surface area contributed by atoms with Crippen LogP contribution in [0.3, 0.4) is 0 Å². The van der Waals surface area contributed by atoms with Crippen LogP contribution < -0.4 is 4.72 Å². The van der Waals surface area contributed by atoms with Gasteiger partial charge in [0.05, 0.1) is 11.2 Å². The minimum absolute atomic E-state index is 0.285. The average molecular weight is 434 g/mol. The number of nitrogens with one attached hydrogen (secondary N) is 1. The van der Waals surface area contributed by atoms with Gasteiger partial charge in [-0.05, 0) is 51.1 Å². The average Bonchev–Trinajstić information content (AvgIpc) is 3.10. The van der Waals surface area contributed by atoms with Crippen LogP contribution in [0.1, 0.15) is 38.2 Å². The Morgan fingerprint density at radius 2 is 1.74 bits per heavy atom. The Labute approximate surface area is 186 Å². The van der Waals surface area contributed by atoms with Crippen molar-refractivity contribution < 1.29 is 4.55 Å². The number of rotatable bonds is 6. The topological polar surface area (TPSA) is 78.7 Å². The van der Waals surface area contributed by atoms with Crippen molar-refractivity contribution in [3.63, 3.8) is 0 Å². The Morgan fingerprint density at radius 3 is 2.48 bits per heavy atom. The molecule has 0 aliphatic rings. The Kier molecular flexibility index (Phi) is 6.09. The fourth-order valence-electron chi connectivity index (χ4n) is 3.54. The monoisotopic (exact) mass is 433 g/mol. The zero-order valence-electron chi connectivity index (χ0n) is 18.2. The summed E-state index contributed by atoms with van der Waals surface area (Å²) in [5, 5.41) is 5.86. The van der Waals surface area contributed by atoms with Crippen molar-refractivity contribution in [1.82, 2.24) is 24.5 Å². The van der Waals surface area contributed by atoms with Crippen molar-refractivity contribution in [2.24, 2.45) is 7.05 Å². The van der Waals surface area contributed by atoms with E-state index in [2.05, 4.69) is 21.8 Å². The first-order valence-electron chi connectivity index (χ1n) is 10.3. The van der Waals surface area contributed by atoms with Crippen molar-refractivity contribution in [2.75, 3.05) is 0 Å². The summed E-state index contributed by atoms with van der Waals surface area (Å²) in [7, 11) is 1.94. The molecule has 7 heteroatoms. The molecule has 1 aromatic carbocycles. The maximum absolute atomic E-state index is 13.0. The zero-order chi connectivity index (χ0) is 22.0. The minimum atomic E-state index is -1.27. The van der Waals surface area contributed by atoms with Crippen molar-refractivity contribution in [2.45, 2.75) is 38.0 Å². The van der Waals surface area contributed by atoms with E-state index in [1.54, 1.807) is 12.4 Å². The third kappa shape index (κ3) is 4.63. The number of benzene rings is 1. The molecule has 2 atom stereocenters. The predicted octanol–water partition coefficient (Wildman–Crippen LogP) is 4.37. The van der Waals surface area contributed by atoms with Crippen molar-refractivity contribution >= 4 is 22.3 Å². The predicted molar refractivity (Wildman–Crippen MR) is 126 cm³/mol. The third-order valence-corrected chi connectivity index (χ3v) is 6.74. The summed E-state index contributed by atoms with van der Waals surface area (Å²) < 4.78 is 17.8. The number of aryl methyl sites for hydroxylation is 1. The van der Waals surface area contributed by atoms with Crippen LogP contribution >= 0.6 is 0 Å². The summed E-state index contributed by atoms with van der Waals surface area (Å²) >= 11 is -1.27. The molecular formula is C24H27N5OS. The normalized spacial score (nSPS) is 14.0. The van der Waals surface area contributed by atoms with Crippen LogP contribution in [0.15, 0.2) is 67.0 Å². The maximum Gasteiger partial charge on any atom is 0.136 e. The first-order chi connectivity index (χ1) is 14.8. The zero-order valence-corrected chi connectivity index (χ0v) is 19.1. The molecule has 0 bridgehead atoms. The van der Waals surface area contributed by atoms with Crippen LogP contribution in [0.2, 0.25) is 0 Å². The van der Waals surface area contributed by atoms with Gasteiger partial charge in [-0.2, -0.15) is 5.10 Å². The van der Waals surface area contributed by atoms with Crippen LogP contribution in [0.5, 0.6) is 0 Å². The molecule has 0 aliphatic heterocycles. The summed E-state index contributed by atoms with van der Waals surface area (Å²) in [6.07, 6.45) is 4.12. The van der Waals surface area contributed by atoms with Gasteiger partial charge in [-0.15, -0.1) is 4.72 Å². The second kappa shape index (κ2) is 8.78. The third-order valence-electron chi connectivity index (χ3n) is 5.13. The van der Waals surface area contributed by atoms with Crippen LogP contribution in [-0.2, 0) is 24.8 Å². The molecular weight excluding hydrogens is 406 g/mol. The fourth-order valence-corrected chi connectivity index (χ4v) is 4.34. The van der Waals surface area contributed by atoms with Crippen LogP contribution in [0.4, 0.5) is 0 Å². The van der Waals surface area contributed by atoms with E-state index in [-0.39, 0.29) is 6.04 Å². The van der Waals surface area contributed by atoms with Gasteiger partial charge in [0.15, 0.2) is 0 Å². The summed E-state index contributed by atoms with van der Waals surface area (Å²) in [5.74, 6) is 0. The molecule has 0 aliphatic carbocycles. The lowest BCUT2D eigenvalue weighted by Crippen LogP contribution is -2.42. The molecule has 4 rings (SSSR count). The van der Waals surface area contributed by atoms with Crippen molar-refractivity contribution in [3.8, 4) is 11.3 Å². The molecule has 4 aromatic rings. The minimum Gasteiger partial charge on any atom is -0.598 e. The van der Waals surface area contributed by atoms with E-state index in [0.29, 0.717) is 6.42 Å². The summed E-state index contributed by atoms with van der Waals surface area (Å²) in [6, 6.07) is 17.7. The number of hydrogen-bond donors (Lipinski definition) is 1. The molecule has 0 amide bonds. The Hall–Kier alpha value is -2.74. The number of hydrogen-bond acceptors (Lipinski definition) is 5. The van der Waals surface area contributed by atoms with Gasteiger partial charge in [-0.1, -0.05) is 24.3 Å². The van der Waals surface area contributed by atoms with Gasteiger partial charge in [0, 0.05) is 53.9 Å². The molecule has 0 spiro atoms. The highest BCUT2D eigenvalue weighted by molar-refractivity contribution is 7.90. The lowest BCUT2D eigenvalue weighted by Gasteiger charge is -2.28. The van der Waals surface area contributed by atoms with Crippen molar-refractivity contribution in [1.29, 1.82) is 0 Å². The SMILES string of the molecule is Cn1nc(-c2cccnc2C(Cc2ccccn2)N[S@@+]([O-])C(C)(C)C)c2ccccc21. The number of nitrogens with zero attached hydrogens (tertiary/aromatic N) is 4. The summed E-state index contributed by atoms with van der Waals surface area (Å²) in [6.45, 7) is 5.87. The van der Waals surface area contributed by atoms with E-state index in [0.717, 1.165) is 33.5 Å². The van der Waals surface area contributed by atoms with E-state index in [1.165, 1.54) is 0 Å². The second-order valence-electron chi connectivity index (χ2n) is 8.50. The van der Waals surface area contributed by atoms with Gasteiger partial charge in [-0.3, -0.25) is 14.6 Å². The van der Waals surface area contributed by atoms with Gasteiger partial charge >= 0.3 is 0 Å². The highest BCUT2D eigenvalue weighted by atomic mass is 32.2. The molecule has 0 fully saturated rings. The highest BCUT2D eigenvalue weighted by Gasteiger charge is 2.32. The highest BCUT2D eigenvalue weighted by Crippen LogP contribution is 2.33. The molecule has 3 aromatic heterocycles. The first-order valence-corrected chi connectivity index (χ1v) is 11.4. The largest absolute Gasteiger partial charge is 0.598 e. The number of aromatic nitrogens is 4. The van der Waals surface area contributed by atoms with Gasteiger partial charge in [0.25, 0.3) is 0 Å². The van der Waals surface area contributed by atoms with E-state index < -0.39 is 16.1 Å². The van der Waals surface area contributed by atoms with E-state index in [4.69, 9.17) is 10.1 Å². The molecule has 0 saturated carbocycles. The maximum atomic E-state index is 13.0. The Morgan fingerprint density at radius 1 is 1.00 bits per heavy atom. The molecule has 0 radical (unpaired) electrons. The Bertz CT molecular complexity index is 1170. The van der Waals surface area contributed by atoms with E-state index in [9.17, 15) is 4.55 Å². The number of para-hydroxylation sites is 1. The molecule has 6 nitrogen and oxygen atoms in total. The quantitative estimate of drug-likeness (QED) is 0.457. The molecule has 160 valence electrons. The summed E-state index contributed by atoms with van der Waals surface area (Å²) in [4.78, 5) is 9.21. The van der Waals surface area contributed by atoms with Crippen LogP contribution in [0, 0.1) is 0 Å². The van der Waals surface area contributed by atoms with Gasteiger partial charge in [-0.25, -0.2) is 0 Å². The second-order valence-corrected chi connectivity index (χ2v) is 10.5. The number of fused-ring (bicyclic) bond motifs is 1. The van der Waals surface area contributed by atoms with Crippen molar-refractivity contribution in [3.05, 3.63) is 78.4 Å². The first kappa shape index (κ1) is 21.5. The van der Waals surface area contributed by atoms with Gasteiger partial charge in [0.1, 0.15) is 16.5 Å².